The van der Waals surface area contributed by atoms with Crippen LogP contribution in [0.2, 0.25) is 19.6 Å². The quantitative estimate of drug-likeness (QED) is 0.113. The van der Waals surface area contributed by atoms with Crippen LogP contribution in [0.1, 0.15) is 68.9 Å². The SMILES string of the molecule is C[Si](C)(C)c1cnc(-c2[c-]cccc2)cc1CC1CCCCC1.[Ir].[c-]1cc2c(cc1-c1cc(CC3CCCC3)ccn1)oc1ccc(-c3ccccc3)cc12. The van der Waals surface area contributed by atoms with E-state index in [0.29, 0.717) is 0 Å². The summed E-state index contributed by atoms with van der Waals surface area (Å²) in [5.41, 5.74) is 11.3. The molecule has 3 heterocycles. The molecule has 0 aliphatic heterocycles. The van der Waals surface area contributed by atoms with E-state index in [4.69, 9.17) is 9.40 Å². The van der Waals surface area contributed by atoms with Crippen LogP contribution in [-0.4, -0.2) is 18.0 Å². The van der Waals surface area contributed by atoms with E-state index in [1.807, 2.05) is 24.4 Å². The third-order valence-corrected chi connectivity index (χ3v) is 13.7. The van der Waals surface area contributed by atoms with Gasteiger partial charge in [0.1, 0.15) is 5.58 Å². The van der Waals surface area contributed by atoms with Gasteiger partial charge >= 0.3 is 0 Å². The van der Waals surface area contributed by atoms with E-state index in [2.05, 4.69) is 128 Å². The Morgan fingerprint density at radius 1 is 0.636 bits per heavy atom. The number of fused-ring (bicyclic) bond motifs is 3. The first kappa shape index (κ1) is 39.1. The molecule has 0 bridgehead atoms. The summed E-state index contributed by atoms with van der Waals surface area (Å²) in [6.07, 6.45) is 19.0. The van der Waals surface area contributed by atoms with Crippen LogP contribution in [0.4, 0.5) is 0 Å². The van der Waals surface area contributed by atoms with Crippen LogP contribution in [0, 0.1) is 24.0 Å². The van der Waals surface area contributed by atoms with Gasteiger partial charge in [-0.05, 0) is 69.9 Å². The predicted molar refractivity (Wildman–Crippen MR) is 229 cm³/mol. The first-order valence-corrected chi connectivity index (χ1v) is 23.7. The monoisotopic (exact) mass is 917 g/mol. The van der Waals surface area contributed by atoms with E-state index in [1.54, 1.807) is 10.8 Å². The van der Waals surface area contributed by atoms with Crippen LogP contribution < -0.4 is 5.19 Å². The molecule has 2 aliphatic rings. The van der Waals surface area contributed by atoms with Crippen molar-refractivity contribution in [2.45, 2.75) is 90.3 Å². The van der Waals surface area contributed by atoms with Crippen molar-refractivity contribution < 1.29 is 24.5 Å². The van der Waals surface area contributed by atoms with E-state index >= 15 is 0 Å². The Balaban J connectivity index is 0.000000174. The summed E-state index contributed by atoms with van der Waals surface area (Å²) < 4.78 is 6.20. The Kier molecular flexibility index (Phi) is 12.6. The molecule has 0 atom stereocenters. The van der Waals surface area contributed by atoms with Gasteiger partial charge in [0, 0.05) is 32.5 Å². The summed E-state index contributed by atoms with van der Waals surface area (Å²) in [4.78, 5) is 9.40. The van der Waals surface area contributed by atoms with E-state index in [-0.39, 0.29) is 20.1 Å². The third-order valence-electron chi connectivity index (χ3n) is 11.6. The molecule has 9 rings (SSSR count). The molecule has 7 aromatic rings. The Hall–Kier alpha value is -4.15. The van der Waals surface area contributed by atoms with Gasteiger partial charge < -0.3 is 14.4 Å². The molecule has 3 nitrogen and oxygen atoms in total. The Labute approximate surface area is 342 Å². The van der Waals surface area contributed by atoms with Gasteiger partial charge in [-0.2, -0.15) is 0 Å². The van der Waals surface area contributed by atoms with Crippen LogP contribution in [0.25, 0.3) is 55.6 Å². The van der Waals surface area contributed by atoms with Crippen LogP contribution in [0.5, 0.6) is 0 Å². The molecule has 0 saturated heterocycles. The summed E-state index contributed by atoms with van der Waals surface area (Å²) in [6.45, 7) is 7.30. The molecule has 2 fully saturated rings. The number of furan rings is 1. The zero-order chi connectivity index (χ0) is 36.9. The van der Waals surface area contributed by atoms with Crippen LogP contribution in [-0.2, 0) is 32.9 Å². The maximum Gasteiger partial charge on any atom is 0.123 e. The Bertz CT molecular complexity index is 2320. The van der Waals surface area contributed by atoms with Crippen molar-refractivity contribution in [3.05, 3.63) is 139 Å². The van der Waals surface area contributed by atoms with Crippen molar-refractivity contribution in [2.75, 3.05) is 0 Å². The van der Waals surface area contributed by atoms with Gasteiger partial charge in [0.15, 0.2) is 0 Å². The molecule has 1 radical (unpaired) electrons. The number of nitrogens with zero attached hydrogens (tertiary/aromatic N) is 2. The fraction of sp³-hybridized carbons (Fsp3) is 0.320. The first-order valence-electron chi connectivity index (χ1n) is 20.2. The minimum Gasteiger partial charge on any atom is -0.476 e. The fourth-order valence-electron chi connectivity index (χ4n) is 8.71. The second-order valence-corrected chi connectivity index (χ2v) is 21.7. The van der Waals surface area contributed by atoms with Gasteiger partial charge in [-0.1, -0.05) is 155 Å². The number of pyridine rings is 2. The van der Waals surface area contributed by atoms with Gasteiger partial charge in [-0.15, -0.1) is 53.6 Å². The zero-order valence-corrected chi connectivity index (χ0v) is 35.9. The van der Waals surface area contributed by atoms with Crippen molar-refractivity contribution in [3.8, 4) is 33.6 Å². The molecule has 2 saturated carbocycles. The van der Waals surface area contributed by atoms with Gasteiger partial charge in [0.05, 0.1) is 13.7 Å². The van der Waals surface area contributed by atoms with Crippen molar-refractivity contribution in [1.82, 2.24) is 9.97 Å². The average molecular weight is 917 g/mol. The number of rotatable bonds is 8. The molecule has 4 aromatic carbocycles. The summed E-state index contributed by atoms with van der Waals surface area (Å²) in [6, 6.07) is 42.7. The van der Waals surface area contributed by atoms with Gasteiger partial charge in [-0.3, -0.25) is 0 Å². The topological polar surface area (TPSA) is 38.9 Å². The fourth-order valence-corrected chi connectivity index (χ4v) is 10.3. The van der Waals surface area contributed by atoms with E-state index in [9.17, 15) is 0 Å². The minimum atomic E-state index is -1.36. The van der Waals surface area contributed by atoms with Crippen molar-refractivity contribution in [3.63, 3.8) is 0 Å². The molecule has 0 spiro atoms. The summed E-state index contributed by atoms with van der Waals surface area (Å²) in [7, 11) is -1.36. The van der Waals surface area contributed by atoms with Crippen molar-refractivity contribution >= 4 is 35.2 Å². The minimum absolute atomic E-state index is 0. The van der Waals surface area contributed by atoms with Crippen molar-refractivity contribution in [1.29, 1.82) is 0 Å². The molecule has 5 heteroatoms. The van der Waals surface area contributed by atoms with E-state index < -0.39 is 8.07 Å². The molecule has 0 amide bonds. The molecule has 55 heavy (non-hydrogen) atoms. The molecular formula is C50H52IrN2OSi-2. The first-order chi connectivity index (χ1) is 26.4. The maximum absolute atomic E-state index is 6.20. The zero-order valence-electron chi connectivity index (χ0n) is 32.5. The predicted octanol–water partition coefficient (Wildman–Crippen LogP) is 13.1. The molecule has 3 aromatic heterocycles. The van der Waals surface area contributed by atoms with Crippen molar-refractivity contribution in [2.24, 2.45) is 11.8 Å². The third kappa shape index (κ3) is 9.46. The smallest absolute Gasteiger partial charge is 0.123 e. The largest absolute Gasteiger partial charge is 0.476 e. The maximum atomic E-state index is 6.20. The standard InChI is InChI=1S/C29H24NO.C21H28NSi.Ir/c1-2-8-22(9-3-1)23-11-13-28-26(18-23)25-12-10-24(19-29(25)31-28)27-17-21(14-15-30-27)16-20-6-4-5-7-20;1-23(2,3)21-16-22-20(18-12-8-5-9-13-18)15-19(21)14-17-10-6-4-7-11-17;/h1-3,8-9,11-15,17-20H,4-7,16H2;5,8-9,12,15-17H,4,6-7,10-11,14H2,1-3H3;/q2*-1;. The Morgan fingerprint density at radius 3 is 2.11 bits per heavy atom. The summed E-state index contributed by atoms with van der Waals surface area (Å²) >= 11 is 0. The number of hydrogen-bond donors (Lipinski definition) is 0. The van der Waals surface area contributed by atoms with Gasteiger partial charge in [0.25, 0.3) is 0 Å². The summed E-state index contributed by atoms with van der Waals surface area (Å²) in [5, 5.41) is 3.77. The molecule has 0 unspecified atom stereocenters. The van der Waals surface area contributed by atoms with Crippen LogP contribution in [0.3, 0.4) is 0 Å². The van der Waals surface area contributed by atoms with Crippen LogP contribution in [0.15, 0.2) is 120 Å². The number of hydrogen-bond acceptors (Lipinski definition) is 3. The summed E-state index contributed by atoms with van der Waals surface area (Å²) in [5.74, 6) is 1.70. The average Bonchev–Trinajstić information content (AvgIpc) is 3.86. The normalized spacial score (nSPS) is 15.1. The van der Waals surface area contributed by atoms with E-state index in [1.165, 1.54) is 80.9 Å². The second-order valence-electron chi connectivity index (χ2n) is 16.7. The molecule has 283 valence electrons. The van der Waals surface area contributed by atoms with Gasteiger partial charge in [0.2, 0.25) is 0 Å². The van der Waals surface area contributed by atoms with Crippen LogP contribution >= 0.6 is 0 Å². The molecular weight excluding hydrogens is 865 g/mol. The number of aromatic nitrogens is 2. The second kappa shape index (κ2) is 17.8. The van der Waals surface area contributed by atoms with E-state index in [0.717, 1.165) is 62.7 Å². The van der Waals surface area contributed by atoms with Gasteiger partial charge in [-0.25, -0.2) is 0 Å². The molecule has 2 aliphatic carbocycles. The number of benzene rings is 4. The molecule has 0 N–H and O–H groups in total. The Morgan fingerprint density at radius 2 is 1.36 bits per heavy atom.